The second-order valence-electron chi connectivity index (χ2n) is 6.98. The van der Waals surface area contributed by atoms with Crippen LogP contribution in [0.15, 0.2) is 70.1 Å². The van der Waals surface area contributed by atoms with Crippen LogP contribution in [0.3, 0.4) is 0 Å². The summed E-state index contributed by atoms with van der Waals surface area (Å²) in [7, 11) is 1.50. The number of halogens is 2. The highest BCUT2D eigenvalue weighted by molar-refractivity contribution is 8.01. The Bertz CT molecular complexity index is 1300. The first-order valence-corrected chi connectivity index (χ1v) is 12.2. The van der Waals surface area contributed by atoms with E-state index in [4.69, 9.17) is 21.1 Å². The summed E-state index contributed by atoms with van der Waals surface area (Å²) in [5.41, 5.74) is 4.83. The SMILES string of the molecule is COc1cc(/C=N\NC(=O)CSc2nc3ccccc3s2)cc(Cl)c1OCc1ccc(F)cc1. The lowest BCUT2D eigenvalue weighted by atomic mass is 10.2. The summed E-state index contributed by atoms with van der Waals surface area (Å²) in [6.07, 6.45) is 1.47. The number of hydrogen-bond acceptors (Lipinski definition) is 7. The van der Waals surface area contributed by atoms with E-state index in [0.29, 0.717) is 22.1 Å². The maximum atomic E-state index is 13.1. The van der Waals surface area contributed by atoms with Gasteiger partial charge in [0.15, 0.2) is 15.8 Å². The highest BCUT2D eigenvalue weighted by Crippen LogP contribution is 2.36. The van der Waals surface area contributed by atoms with Crippen LogP contribution in [0.25, 0.3) is 10.2 Å². The van der Waals surface area contributed by atoms with Gasteiger partial charge in [-0.3, -0.25) is 4.79 Å². The molecule has 0 saturated carbocycles. The van der Waals surface area contributed by atoms with Crippen molar-refractivity contribution in [3.63, 3.8) is 0 Å². The van der Waals surface area contributed by atoms with Gasteiger partial charge < -0.3 is 9.47 Å². The van der Waals surface area contributed by atoms with Gasteiger partial charge >= 0.3 is 0 Å². The molecule has 0 unspecified atom stereocenters. The largest absolute Gasteiger partial charge is 0.493 e. The number of ether oxygens (including phenoxy) is 2. The number of amides is 1. The number of hydrazone groups is 1. The quantitative estimate of drug-likeness (QED) is 0.170. The van der Waals surface area contributed by atoms with Crippen LogP contribution in [0.4, 0.5) is 4.39 Å². The third kappa shape index (κ3) is 6.25. The monoisotopic (exact) mass is 515 g/mol. The molecular formula is C24H19ClFN3O3S2. The van der Waals surface area contributed by atoms with E-state index in [1.807, 2.05) is 24.3 Å². The lowest BCUT2D eigenvalue weighted by molar-refractivity contribution is -0.118. The van der Waals surface area contributed by atoms with E-state index in [2.05, 4.69) is 15.5 Å². The molecule has 0 radical (unpaired) electrons. The first-order valence-electron chi connectivity index (χ1n) is 10.1. The minimum absolute atomic E-state index is 0.192. The Hall–Kier alpha value is -3.14. The molecule has 0 fully saturated rings. The Morgan fingerprint density at radius 3 is 2.79 bits per heavy atom. The molecule has 0 saturated heterocycles. The number of carbonyl (C=O) groups excluding carboxylic acids is 1. The molecule has 34 heavy (non-hydrogen) atoms. The molecule has 1 heterocycles. The standard InChI is InChI=1S/C24H19ClFN3O3S2/c1-31-20-11-16(10-18(25)23(20)32-13-15-6-8-17(26)9-7-15)12-27-29-22(30)14-33-24-28-19-4-2-3-5-21(19)34-24/h2-12H,13-14H2,1H3,(H,29,30)/b27-12-. The van der Waals surface area contributed by atoms with Crippen molar-refractivity contribution >= 4 is 57.0 Å². The van der Waals surface area contributed by atoms with Crippen LogP contribution in [0.5, 0.6) is 11.5 Å². The zero-order valence-corrected chi connectivity index (χ0v) is 20.3. The molecule has 1 amide bonds. The van der Waals surface area contributed by atoms with Crippen molar-refractivity contribution < 1.29 is 18.7 Å². The average molecular weight is 516 g/mol. The van der Waals surface area contributed by atoms with Crippen LogP contribution < -0.4 is 14.9 Å². The first-order chi connectivity index (χ1) is 16.5. The molecule has 0 bridgehead atoms. The summed E-state index contributed by atoms with van der Waals surface area (Å²) >= 11 is 9.28. The number of nitrogens with one attached hydrogen (secondary N) is 1. The Labute approximate surface area is 208 Å². The van der Waals surface area contributed by atoms with Gasteiger partial charge in [-0.05, 0) is 47.5 Å². The van der Waals surface area contributed by atoms with Crippen molar-refractivity contribution in [2.75, 3.05) is 12.9 Å². The van der Waals surface area contributed by atoms with E-state index in [1.165, 1.54) is 37.2 Å². The Morgan fingerprint density at radius 2 is 2.03 bits per heavy atom. The third-order valence-corrected chi connectivity index (χ3v) is 7.01. The molecule has 3 aromatic carbocycles. The summed E-state index contributed by atoms with van der Waals surface area (Å²) in [5.74, 6) is 0.399. The fourth-order valence-corrected chi connectivity index (χ4v) is 5.08. The molecule has 1 N–H and O–H groups in total. The summed E-state index contributed by atoms with van der Waals surface area (Å²) in [5, 5.41) is 4.32. The number of carbonyl (C=O) groups is 1. The minimum atomic E-state index is -0.314. The van der Waals surface area contributed by atoms with Gasteiger partial charge in [-0.25, -0.2) is 14.8 Å². The molecule has 4 aromatic rings. The molecule has 0 aliphatic carbocycles. The van der Waals surface area contributed by atoms with Gasteiger partial charge in [-0.2, -0.15) is 5.10 Å². The van der Waals surface area contributed by atoms with E-state index in [-0.39, 0.29) is 24.1 Å². The van der Waals surface area contributed by atoms with Gasteiger partial charge in [0, 0.05) is 0 Å². The molecule has 0 aliphatic heterocycles. The average Bonchev–Trinajstić information content (AvgIpc) is 3.26. The molecule has 0 spiro atoms. The van der Waals surface area contributed by atoms with Crippen LogP contribution in [0.2, 0.25) is 5.02 Å². The number of fused-ring (bicyclic) bond motifs is 1. The lowest BCUT2D eigenvalue weighted by Gasteiger charge is -2.13. The summed E-state index contributed by atoms with van der Waals surface area (Å²) in [4.78, 5) is 16.6. The van der Waals surface area contributed by atoms with E-state index in [9.17, 15) is 9.18 Å². The number of benzene rings is 3. The zero-order valence-electron chi connectivity index (χ0n) is 18.0. The molecular weight excluding hydrogens is 497 g/mol. The minimum Gasteiger partial charge on any atom is -0.493 e. The number of thioether (sulfide) groups is 1. The highest BCUT2D eigenvalue weighted by Gasteiger charge is 2.12. The molecule has 0 aliphatic rings. The normalized spacial score (nSPS) is 11.1. The topological polar surface area (TPSA) is 72.8 Å². The Kier molecular flexibility index (Phi) is 7.99. The second kappa shape index (κ2) is 11.3. The number of thiazole rings is 1. The number of para-hydroxylation sites is 1. The molecule has 1 aromatic heterocycles. The number of methoxy groups -OCH3 is 1. The van der Waals surface area contributed by atoms with Gasteiger partial charge in [0.05, 0.1) is 34.3 Å². The van der Waals surface area contributed by atoms with Crippen molar-refractivity contribution in [2.24, 2.45) is 5.10 Å². The lowest BCUT2D eigenvalue weighted by Crippen LogP contribution is -2.19. The van der Waals surface area contributed by atoms with E-state index < -0.39 is 0 Å². The molecule has 4 rings (SSSR count). The van der Waals surface area contributed by atoms with Crippen LogP contribution >= 0.6 is 34.7 Å². The molecule has 10 heteroatoms. The number of rotatable bonds is 9. The number of hydrogen-bond donors (Lipinski definition) is 1. The van der Waals surface area contributed by atoms with E-state index in [1.54, 1.807) is 35.6 Å². The van der Waals surface area contributed by atoms with Crippen molar-refractivity contribution in [3.8, 4) is 11.5 Å². The fourth-order valence-electron chi connectivity index (χ4n) is 2.94. The predicted molar refractivity (Wildman–Crippen MR) is 135 cm³/mol. The maximum absolute atomic E-state index is 13.1. The highest BCUT2D eigenvalue weighted by atomic mass is 35.5. The van der Waals surface area contributed by atoms with Crippen LogP contribution in [0, 0.1) is 5.82 Å². The van der Waals surface area contributed by atoms with Gasteiger partial charge in [0.2, 0.25) is 0 Å². The number of nitrogens with zero attached hydrogens (tertiary/aromatic N) is 2. The summed E-state index contributed by atoms with van der Waals surface area (Å²) < 4.78 is 26.1. The third-order valence-electron chi connectivity index (χ3n) is 4.55. The van der Waals surface area contributed by atoms with Gasteiger partial charge in [-0.1, -0.05) is 47.6 Å². The van der Waals surface area contributed by atoms with Crippen LogP contribution in [-0.2, 0) is 11.4 Å². The molecule has 174 valence electrons. The predicted octanol–water partition coefficient (Wildman–Crippen LogP) is 5.92. The van der Waals surface area contributed by atoms with Crippen LogP contribution in [0.1, 0.15) is 11.1 Å². The van der Waals surface area contributed by atoms with Gasteiger partial charge in [0.1, 0.15) is 12.4 Å². The molecule has 6 nitrogen and oxygen atoms in total. The summed E-state index contributed by atoms with van der Waals surface area (Å²) in [6, 6.07) is 17.2. The van der Waals surface area contributed by atoms with Crippen molar-refractivity contribution in [3.05, 3.63) is 82.6 Å². The van der Waals surface area contributed by atoms with Crippen molar-refractivity contribution in [1.82, 2.24) is 10.4 Å². The van der Waals surface area contributed by atoms with Gasteiger partial charge in [0.25, 0.3) is 5.91 Å². The van der Waals surface area contributed by atoms with Gasteiger partial charge in [-0.15, -0.1) is 11.3 Å². The summed E-state index contributed by atoms with van der Waals surface area (Å²) in [6.45, 7) is 0.201. The van der Waals surface area contributed by atoms with E-state index >= 15 is 0 Å². The van der Waals surface area contributed by atoms with E-state index in [0.717, 1.165) is 20.1 Å². The van der Waals surface area contributed by atoms with Crippen LogP contribution in [-0.4, -0.2) is 30.0 Å². The Balaban J connectivity index is 1.33. The zero-order chi connectivity index (χ0) is 23.9. The number of aromatic nitrogens is 1. The smallest absolute Gasteiger partial charge is 0.250 e. The van der Waals surface area contributed by atoms with Crippen molar-refractivity contribution in [1.29, 1.82) is 0 Å². The Morgan fingerprint density at radius 1 is 1.24 bits per heavy atom. The van der Waals surface area contributed by atoms with Crippen molar-refractivity contribution in [2.45, 2.75) is 10.9 Å². The molecule has 0 atom stereocenters. The maximum Gasteiger partial charge on any atom is 0.250 e. The fraction of sp³-hybridized carbons (Fsp3) is 0.125. The second-order valence-corrected chi connectivity index (χ2v) is 9.64. The first kappa shape index (κ1) is 24.0.